The normalized spacial score (nSPS) is 12.5. The van der Waals surface area contributed by atoms with Crippen molar-refractivity contribution >= 4 is 5.91 Å². The van der Waals surface area contributed by atoms with Gasteiger partial charge in [-0.15, -0.1) is 0 Å². The standard InChI is InChI=1S/C16H26N2O/c1-5-13(4)18-16(19)11-17-10-14-6-8-15(9-7-14)12(2)3/h6-9,12-13,17H,5,10-11H2,1-4H3,(H,18,19). The largest absolute Gasteiger partial charge is 0.353 e. The minimum atomic E-state index is 0.0631. The van der Waals surface area contributed by atoms with Crippen molar-refractivity contribution in [2.45, 2.75) is 52.6 Å². The molecule has 3 nitrogen and oxygen atoms in total. The van der Waals surface area contributed by atoms with Crippen LogP contribution in [0.25, 0.3) is 0 Å². The number of carbonyl (C=O) groups excluding carboxylic acids is 1. The molecule has 0 aliphatic heterocycles. The maximum atomic E-state index is 11.6. The summed E-state index contributed by atoms with van der Waals surface area (Å²) in [7, 11) is 0. The van der Waals surface area contributed by atoms with Crippen molar-refractivity contribution in [3.8, 4) is 0 Å². The van der Waals surface area contributed by atoms with Crippen LogP contribution in [0.15, 0.2) is 24.3 Å². The fourth-order valence-corrected chi connectivity index (χ4v) is 1.77. The van der Waals surface area contributed by atoms with Crippen molar-refractivity contribution in [3.63, 3.8) is 0 Å². The van der Waals surface area contributed by atoms with Gasteiger partial charge in [0.2, 0.25) is 5.91 Å². The fourth-order valence-electron chi connectivity index (χ4n) is 1.77. The van der Waals surface area contributed by atoms with Crippen molar-refractivity contribution in [1.82, 2.24) is 10.6 Å². The lowest BCUT2D eigenvalue weighted by molar-refractivity contribution is -0.120. The molecule has 1 amide bonds. The molecule has 0 aliphatic rings. The number of benzene rings is 1. The Hall–Kier alpha value is -1.35. The molecular weight excluding hydrogens is 236 g/mol. The van der Waals surface area contributed by atoms with E-state index in [9.17, 15) is 4.79 Å². The van der Waals surface area contributed by atoms with E-state index in [0.29, 0.717) is 12.5 Å². The number of rotatable bonds is 7. The van der Waals surface area contributed by atoms with Gasteiger partial charge in [-0.1, -0.05) is 45.0 Å². The molecule has 0 spiro atoms. The predicted octanol–water partition coefficient (Wildman–Crippen LogP) is 2.81. The van der Waals surface area contributed by atoms with Crippen molar-refractivity contribution < 1.29 is 4.79 Å². The molecular formula is C16H26N2O. The van der Waals surface area contributed by atoms with Crippen molar-refractivity contribution in [1.29, 1.82) is 0 Å². The molecule has 0 saturated heterocycles. The monoisotopic (exact) mass is 262 g/mol. The summed E-state index contributed by atoms with van der Waals surface area (Å²) in [5, 5.41) is 6.11. The van der Waals surface area contributed by atoms with Crippen LogP contribution in [0.4, 0.5) is 0 Å². The van der Waals surface area contributed by atoms with Crippen LogP contribution in [0.1, 0.15) is 51.2 Å². The quantitative estimate of drug-likeness (QED) is 0.793. The lowest BCUT2D eigenvalue weighted by Crippen LogP contribution is -2.38. The van der Waals surface area contributed by atoms with Crippen LogP contribution >= 0.6 is 0 Å². The highest BCUT2D eigenvalue weighted by Gasteiger charge is 2.04. The summed E-state index contributed by atoms with van der Waals surface area (Å²) in [6.45, 7) is 9.55. The van der Waals surface area contributed by atoms with Gasteiger partial charge in [-0.05, 0) is 30.4 Å². The molecule has 0 fully saturated rings. The molecule has 2 N–H and O–H groups in total. The summed E-state index contributed by atoms with van der Waals surface area (Å²) in [4.78, 5) is 11.6. The Bertz CT molecular complexity index is 384. The zero-order valence-corrected chi connectivity index (χ0v) is 12.5. The fraction of sp³-hybridized carbons (Fsp3) is 0.562. The minimum Gasteiger partial charge on any atom is -0.353 e. The van der Waals surface area contributed by atoms with Crippen molar-refractivity contribution in [3.05, 3.63) is 35.4 Å². The number of nitrogens with one attached hydrogen (secondary N) is 2. The van der Waals surface area contributed by atoms with Crippen molar-refractivity contribution in [2.75, 3.05) is 6.54 Å². The number of hydrogen-bond acceptors (Lipinski definition) is 2. The summed E-state index contributed by atoms with van der Waals surface area (Å²) < 4.78 is 0. The highest BCUT2D eigenvalue weighted by Crippen LogP contribution is 2.14. The molecule has 1 aromatic carbocycles. The van der Waals surface area contributed by atoms with Gasteiger partial charge in [-0.3, -0.25) is 4.79 Å². The molecule has 0 heterocycles. The first kappa shape index (κ1) is 15.7. The maximum absolute atomic E-state index is 11.6. The average Bonchev–Trinajstić information content (AvgIpc) is 2.39. The molecule has 0 radical (unpaired) electrons. The van der Waals surface area contributed by atoms with Crippen LogP contribution in [-0.4, -0.2) is 18.5 Å². The topological polar surface area (TPSA) is 41.1 Å². The lowest BCUT2D eigenvalue weighted by Gasteiger charge is -2.12. The molecule has 1 unspecified atom stereocenters. The van der Waals surface area contributed by atoms with Crippen LogP contribution in [-0.2, 0) is 11.3 Å². The molecule has 1 atom stereocenters. The molecule has 3 heteroatoms. The number of amides is 1. The first-order valence-electron chi connectivity index (χ1n) is 7.11. The number of carbonyl (C=O) groups is 1. The third-order valence-electron chi connectivity index (χ3n) is 3.28. The van der Waals surface area contributed by atoms with Gasteiger partial charge in [0.15, 0.2) is 0 Å². The van der Waals surface area contributed by atoms with Crippen molar-refractivity contribution in [2.24, 2.45) is 0 Å². The summed E-state index contributed by atoms with van der Waals surface area (Å²) >= 11 is 0. The Morgan fingerprint density at radius 3 is 2.32 bits per heavy atom. The van der Waals surface area contributed by atoms with E-state index in [4.69, 9.17) is 0 Å². The van der Waals surface area contributed by atoms with E-state index in [2.05, 4.69) is 55.7 Å². The smallest absolute Gasteiger partial charge is 0.234 e. The van der Waals surface area contributed by atoms with Crippen LogP contribution in [0.3, 0.4) is 0 Å². The van der Waals surface area contributed by atoms with Gasteiger partial charge in [0.1, 0.15) is 0 Å². The predicted molar refractivity (Wildman–Crippen MR) is 80.1 cm³/mol. The first-order valence-corrected chi connectivity index (χ1v) is 7.11. The Morgan fingerprint density at radius 2 is 1.79 bits per heavy atom. The summed E-state index contributed by atoms with van der Waals surface area (Å²) in [6, 6.07) is 8.80. The summed E-state index contributed by atoms with van der Waals surface area (Å²) in [5.74, 6) is 0.622. The summed E-state index contributed by atoms with van der Waals surface area (Å²) in [6.07, 6.45) is 0.961. The molecule has 106 valence electrons. The van der Waals surface area contributed by atoms with E-state index >= 15 is 0 Å². The molecule has 0 aliphatic carbocycles. The zero-order valence-electron chi connectivity index (χ0n) is 12.5. The Morgan fingerprint density at radius 1 is 1.16 bits per heavy atom. The lowest BCUT2D eigenvalue weighted by atomic mass is 10.0. The third-order valence-corrected chi connectivity index (χ3v) is 3.28. The minimum absolute atomic E-state index is 0.0631. The van der Waals surface area contributed by atoms with Gasteiger partial charge in [0.25, 0.3) is 0 Å². The SMILES string of the molecule is CCC(C)NC(=O)CNCc1ccc(C(C)C)cc1. The second-order valence-electron chi connectivity index (χ2n) is 5.38. The molecule has 1 aromatic rings. The van der Waals surface area contributed by atoms with Gasteiger partial charge < -0.3 is 10.6 Å². The Labute approximate surface area is 116 Å². The Kier molecular flexibility index (Phi) is 6.57. The molecule has 0 aromatic heterocycles. The number of hydrogen-bond donors (Lipinski definition) is 2. The molecule has 1 rings (SSSR count). The zero-order chi connectivity index (χ0) is 14.3. The van der Waals surface area contributed by atoms with Crippen LogP contribution in [0, 0.1) is 0 Å². The second-order valence-corrected chi connectivity index (χ2v) is 5.38. The maximum Gasteiger partial charge on any atom is 0.234 e. The highest BCUT2D eigenvalue weighted by molar-refractivity contribution is 5.78. The van der Waals surface area contributed by atoms with E-state index in [1.165, 1.54) is 11.1 Å². The van der Waals surface area contributed by atoms with Crippen LogP contribution < -0.4 is 10.6 Å². The molecule has 19 heavy (non-hydrogen) atoms. The van der Waals surface area contributed by atoms with Gasteiger partial charge >= 0.3 is 0 Å². The van der Waals surface area contributed by atoms with E-state index in [0.717, 1.165) is 13.0 Å². The van der Waals surface area contributed by atoms with E-state index in [1.54, 1.807) is 0 Å². The third kappa shape index (κ3) is 5.88. The van der Waals surface area contributed by atoms with E-state index < -0.39 is 0 Å². The average molecular weight is 262 g/mol. The first-order chi connectivity index (χ1) is 9.02. The molecule has 0 bridgehead atoms. The Balaban J connectivity index is 2.31. The van der Waals surface area contributed by atoms with Crippen LogP contribution in [0.5, 0.6) is 0 Å². The second kappa shape index (κ2) is 7.95. The van der Waals surface area contributed by atoms with Gasteiger partial charge in [0.05, 0.1) is 6.54 Å². The van der Waals surface area contributed by atoms with Gasteiger partial charge in [-0.25, -0.2) is 0 Å². The van der Waals surface area contributed by atoms with E-state index in [-0.39, 0.29) is 11.9 Å². The van der Waals surface area contributed by atoms with Crippen LogP contribution in [0.2, 0.25) is 0 Å². The van der Waals surface area contributed by atoms with Gasteiger partial charge in [0, 0.05) is 12.6 Å². The van der Waals surface area contributed by atoms with E-state index in [1.807, 2.05) is 6.92 Å². The van der Waals surface area contributed by atoms with Gasteiger partial charge in [-0.2, -0.15) is 0 Å². The molecule has 0 saturated carbocycles. The summed E-state index contributed by atoms with van der Waals surface area (Å²) in [5.41, 5.74) is 2.55. The highest BCUT2D eigenvalue weighted by atomic mass is 16.1.